The van der Waals surface area contributed by atoms with Crippen LogP contribution in [0.15, 0.2) is 82.7 Å². The van der Waals surface area contributed by atoms with Crippen LogP contribution in [0, 0.1) is 0 Å². The summed E-state index contributed by atoms with van der Waals surface area (Å²) in [5, 5.41) is 3.59. The second-order valence-electron chi connectivity index (χ2n) is 8.81. The zero-order chi connectivity index (χ0) is 27.6. The minimum Gasteiger partial charge on any atom is -0.449 e. The molecule has 3 aromatic carbocycles. The maximum absolute atomic E-state index is 13.2. The summed E-state index contributed by atoms with van der Waals surface area (Å²) >= 11 is 1.41. The summed E-state index contributed by atoms with van der Waals surface area (Å²) in [7, 11) is -3.90. The number of hydrogen-bond acceptors (Lipinski definition) is 8. The molecule has 11 heteroatoms. The predicted octanol–water partition coefficient (Wildman–Crippen LogP) is 3.95. The van der Waals surface area contributed by atoms with Crippen LogP contribution in [0.4, 0.5) is 4.79 Å². The van der Waals surface area contributed by atoms with E-state index in [1.54, 1.807) is 18.3 Å². The first-order valence-corrected chi connectivity index (χ1v) is 14.3. The number of Topliss-reactive ketones (excluding diaryl/α,β-unsaturated/α-hetero) is 1. The van der Waals surface area contributed by atoms with Crippen molar-refractivity contribution in [3.63, 3.8) is 0 Å². The van der Waals surface area contributed by atoms with Crippen LogP contribution in [0.3, 0.4) is 0 Å². The standard InChI is InChI=1S/C28H23N3O6S2/c29-28(34)37-12-11-17-5-1-2-6-21(17)27-31-16-20(38-27)15-30-26(33)18-9-10-24-19(13-18)14-23(32)22-7-3-4-8-25(22)39(24,35)36/h1-10,13,16H,11-12,14-15H2,(H2,29,34)(H,30,33). The van der Waals surface area contributed by atoms with Crippen molar-refractivity contribution in [2.75, 3.05) is 6.61 Å². The van der Waals surface area contributed by atoms with E-state index in [0.717, 1.165) is 21.0 Å². The smallest absolute Gasteiger partial charge is 0.404 e. The molecule has 0 saturated heterocycles. The van der Waals surface area contributed by atoms with Crippen LogP contribution in [0.25, 0.3) is 10.6 Å². The highest BCUT2D eigenvalue weighted by Crippen LogP contribution is 2.32. The Labute approximate surface area is 228 Å². The van der Waals surface area contributed by atoms with Crippen LogP contribution in [0.1, 0.15) is 36.7 Å². The average Bonchev–Trinajstić information content (AvgIpc) is 3.37. The number of nitrogens with zero attached hydrogens (tertiary/aromatic N) is 1. The van der Waals surface area contributed by atoms with Crippen molar-refractivity contribution < 1.29 is 27.5 Å². The summed E-state index contributed by atoms with van der Waals surface area (Å²) in [6.07, 6.45) is 1.21. The number of carbonyl (C=O) groups is 3. The minimum absolute atomic E-state index is 0.0195. The molecule has 2 amide bonds. The van der Waals surface area contributed by atoms with Crippen LogP contribution < -0.4 is 11.1 Å². The number of nitrogens with one attached hydrogen (secondary N) is 1. The first-order chi connectivity index (χ1) is 18.7. The largest absolute Gasteiger partial charge is 0.449 e. The van der Waals surface area contributed by atoms with Crippen molar-refractivity contribution in [2.45, 2.75) is 29.2 Å². The molecule has 0 aliphatic carbocycles. The molecular formula is C28H23N3O6S2. The van der Waals surface area contributed by atoms with Gasteiger partial charge in [0.05, 0.1) is 22.9 Å². The molecule has 4 aromatic rings. The fourth-order valence-electron chi connectivity index (χ4n) is 4.43. The predicted molar refractivity (Wildman–Crippen MR) is 144 cm³/mol. The van der Waals surface area contributed by atoms with E-state index >= 15 is 0 Å². The summed E-state index contributed by atoms with van der Waals surface area (Å²) in [5.74, 6) is -0.715. The average molecular weight is 562 g/mol. The summed E-state index contributed by atoms with van der Waals surface area (Å²) in [5.41, 5.74) is 7.58. The molecule has 198 valence electrons. The molecular weight excluding hydrogens is 538 g/mol. The van der Waals surface area contributed by atoms with Crippen molar-refractivity contribution in [3.05, 3.63) is 100 Å². The lowest BCUT2D eigenvalue weighted by atomic mass is 10.0. The van der Waals surface area contributed by atoms with Crippen LogP contribution in [0.5, 0.6) is 0 Å². The van der Waals surface area contributed by atoms with E-state index in [2.05, 4.69) is 10.3 Å². The van der Waals surface area contributed by atoms with E-state index < -0.39 is 21.8 Å². The van der Waals surface area contributed by atoms with Gasteiger partial charge in [-0.1, -0.05) is 42.5 Å². The van der Waals surface area contributed by atoms with Gasteiger partial charge in [0.15, 0.2) is 5.78 Å². The van der Waals surface area contributed by atoms with Crippen LogP contribution >= 0.6 is 11.3 Å². The number of ketones is 1. The number of thiazole rings is 1. The maximum Gasteiger partial charge on any atom is 0.404 e. The highest BCUT2D eigenvalue weighted by molar-refractivity contribution is 7.91. The molecule has 2 heterocycles. The highest BCUT2D eigenvalue weighted by atomic mass is 32.2. The Hall–Kier alpha value is -4.35. The van der Waals surface area contributed by atoms with E-state index in [1.807, 2.05) is 24.3 Å². The van der Waals surface area contributed by atoms with Gasteiger partial charge in [-0.05, 0) is 35.4 Å². The number of nitrogens with two attached hydrogens (primary N) is 1. The van der Waals surface area contributed by atoms with E-state index in [1.165, 1.54) is 41.7 Å². The van der Waals surface area contributed by atoms with E-state index in [-0.39, 0.29) is 46.3 Å². The normalized spacial score (nSPS) is 13.6. The molecule has 0 saturated carbocycles. The first kappa shape index (κ1) is 26.3. The fraction of sp³-hybridized carbons (Fsp3) is 0.143. The Balaban J connectivity index is 1.30. The topological polar surface area (TPSA) is 146 Å². The Morgan fingerprint density at radius 1 is 1.00 bits per heavy atom. The number of ether oxygens (including phenoxy) is 1. The summed E-state index contributed by atoms with van der Waals surface area (Å²) in [4.78, 5) is 41.9. The lowest BCUT2D eigenvalue weighted by Crippen LogP contribution is -2.22. The van der Waals surface area contributed by atoms with Crippen molar-refractivity contribution in [3.8, 4) is 10.6 Å². The molecule has 9 nitrogen and oxygen atoms in total. The van der Waals surface area contributed by atoms with Gasteiger partial charge in [-0.2, -0.15) is 0 Å². The number of hydrogen-bond donors (Lipinski definition) is 2. The quantitative estimate of drug-likeness (QED) is 0.347. The summed E-state index contributed by atoms with van der Waals surface area (Å²) < 4.78 is 31.2. The van der Waals surface area contributed by atoms with E-state index in [4.69, 9.17) is 10.5 Å². The molecule has 0 atom stereocenters. The van der Waals surface area contributed by atoms with Gasteiger partial charge in [0.2, 0.25) is 9.84 Å². The zero-order valence-electron chi connectivity index (χ0n) is 20.5. The fourth-order valence-corrected chi connectivity index (χ4v) is 7.03. The van der Waals surface area contributed by atoms with Gasteiger partial charge in [-0.15, -0.1) is 11.3 Å². The number of sulfone groups is 1. The molecule has 1 aliphatic rings. The third-order valence-electron chi connectivity index (χ3n) is 6.28. The zero-order valence-corrected chi connectivity index (χ0v) is 22.2. The van der Waals surface area contributed by atoms with Gasteiger partial charge >= 0.3 is 6.09 Å². The lowest BCUT2D eigenvalue weighted by Gasteiger charge is -2.10. The summed E-state index contributed by atoms with van der Waals surface area (Å²) in [6.45, 7) is 0.365. The second-order valence-corrected chi connectivity index (χ2v) is 11.8. The molecule has 1 aliphatic heterocycles. The van der Waals surface area contributed by atoms with Gasteiger partial charge in [0.25, 0.3) is 5.91 Å². The number of fused-ring (bicyclic) bond motifs is 2. The van der Waals surface area contributed by atoms with Crippen LogP contribution in [-0.4, -0.2) is 37.8 Å². The highest BCUT2D eigenvalue weighted by Gasteiger charge is 2.31. The third kappa shape index (κ3) is 5.45. The van der Waals surface area contributed by atoms with Gasteiger partial charge in [-0.3, -0.25) is 9.59 Å². The van der Waals surface area contributed by atoms with Gasteiger partial charge in [-0.25, -0.2) is 18.2 Å². The Morgan fingerprint density at radius 3 is 2.54 bits per heavy atom. The Kier molecular flexibility index (Phi) is 7.27. The lowest BCUT2D eigenvalue weighted by molar-refractivity contribution is 0.0948. The van der Waals surface area contributed by atoms with Gasteiger partial charge < -0.3 is 15.8 Å². The van der Waals surface area contributed by atoms with Gasteiger partial charge in [0, 0.05) is 40.6 Å². The SMILES string of the molecule is NC(=O)OCCc1ccccc1-c1ncc(CNC(=O)c2ccc3c(c2)CC(=O)c2ccccc2S3(=O)=O)s1. The number of benzene rings is 3. The molecule has 0 radical (unpaired) electrons. The van der Waals surface area contributed by atoms with Crippen LogP contribution in [0.2, 0.25) is 0 Å². The Bertz CT molecular complexity index is 1710. The minimum atomic E-state index is -3.90. The van der Waals surface area contributed by atoms with Crippen LogP contribution in [-0.2, 0) is 34.0 Å². The number of primary amides is 1. The molecule has 1 aromatic heterocycles. The number of carbonyl (C=O) groups excluding carboxylic acids is 3. The van der Waals surface area contributed by atoms with Gasteiger partial charge in [0.1, 0.15) is 5.01 Å². The molecule has 0 fully saturated rings. The van der Waals surface area contributed by atoms with Crippen molar-refractivity contribution in [1.82, 2.24) is 10.3 Å². The number of rotatable bonds is 7. The molecule has 0 bridgehead atoms. The molecule has 39 heavy (non-hydrogen) atoms. The molecule has 0 unspecified atom stereocenters. The summed E-state index contributed by atoms with van der Waals surface area (Å²) in [6, 6.07) is 18.1. The molecule has 3 N–H and O–H groups in total. The monoisotopic (exact) mass is 561 g/mol. The number of amides is 2. The number of aromatic nitrogens is 1. The maximum atomic E-state index is 13.2. The second kappa shape index (κ2) is 10.8. The van der Waals surface area contributed by atoms with E-state index in [9.17, 15) is 22.8 Å². The van der Waals surface area contributed by atoms with Crippen molar-refractivity contribution in [2.24, 2.45) is 5.73 Å². The third-order valence-corrected chi connectivity index (χ3v) is 9.22. The van der Waals surface area contributed by atoms with Crippen molar-refractivity contribution in [1.29, 1.82) is 0 Å². The molecule has 0 spiro atoms. The Morgan fingerprint density at radius 2 is 1.74 bits per heavy atom. The van der Waals surface area contributed by atoms with Crippen molar-refractivity contribution >= 4 is 39.0 Å². The van der Waals surface area contributed by atoms with E-state index in [0.29, 0.717) is 12.0 Å². The first-order valence-electron chi connectivity index (χ1n) is 12.0. The molecule has 5 rings (SSSR count).